The van der Waals surface area contributed by atoms with Gasteiger partial charge in [0.05, 0.1) is 25.3 Å². The van der Waals surface area contributed by atoms with Crippen LogP contribution in [0, 0.1) is 6.92 Å². The number of anilines is 2. The topological polar surface area (TPSA) is 88.6 Å². The minimum absolute atomic E-state index is 0.115. The number of halogens is 1. The standard InChI is InChI=1S/C26H30ClN5O3/c1-16-20(27)4-3-5-21(16)30-26-29-14-17-12-24(23(34-2)13-22(17)31-26)35-19-8-6-18(7-9-19)32-11-10-28-25(33)15-32/h3-5,12-14,18-19H,6-11,15H2,1-2H3,(H,28,33)(H,29,30,31). The number of aromatic nitrogens is 2. The van der Waals surface area contributed by atoms with Crippen LogP contribution in [-0.4, -0.2) is 59.7 Å². The van der Waals surface area contributed by atoms with Gasteiger partial charge in [-0.15, -0.1) is 0 Å². The minimum Gasteiger partial charge on any atom is -0.493 e. The van der Waals surface area contributed by atoms with E-state index in [1.54, 1.807) is 13.3 Å². The van der Waals surface area contributed by atoms with Crippen LogP contribution in [0.2, 0.25) is 5.02 Å². The van der Waals surface area contributed by atoms with Gasteiger partial charge in [0.25, 0.3) is 0 Å². The fourth-order valence-electron chi connectivity index (χ4n) is 4.89. The maximum atomic E-state index is 11.7. The highest BCUT2D eigenvalue weighted by Crippen LogP contribution is 2.35. The molecule has 1 amide bonds. The molecule has 1 aliphatic carbocycles. The van der Waals surface area contributed by atoms with Gasteiger partial charge in [0.2, 0.25) is 11.9 Å². The van der Waals surface area contributed by atoms with Crippen molar-refractivity contribution >= 4 is 40.0 Å². The third-order valence-corrected chi connectivity index (χ3v) is 7.31. The molecule has 2 heterocycles. The van der Waals surface area contributed by atoms with Crippen LogP contribution in [0.25, 0.3) is 10.9 Å². The highest BCUT2D eigenvalue weighted by Gasteiger charge is 2.30. The Bertz CT molecular complexity index is 1230. The third-order valence-electron chi connectivity index (χ3n) is 6.90. The fourth-order valence-corrected chi connectivity index (χ4v) is 5.07. The van der Waals surface area contributed by atoms with E-state index in [-0.39, 0.29) is 12.0 Å². The molecule has 8 nitrogen and oxygen atoms in total. The van der Waals surface area contributed by atoms with Gasteiger partial charge in [-0.3, -0.25) is 9.69 Å². The zero-order chi connectivity index (χ0) is 24.4. The van der Waals surface area contributed by atoms with Crippen molar-refractivity contribution in [1.29, 1.82) is 0 Å². The number of hydrogen-bond donors (Lipinski definition) is 2. The van der Waals surface area contributed by atoms with Gasteiger partial charge in [-0.25, -0.2) is 9.97 Å². The molecule has 1 saturated heterocycles. The van der Waals surface area contributed by atoms with E-state index in [1.807, 2.05) is 37.3 Å². The van der Waals surface area contributed by atoms with E-state index >= 15 is 0 Å². The normalized spacial score (nSPS) is 20.9. The van der Waals surface area contributed by atoms with Crippen LogP contribution < -0.4 is 20.1 Å². The summed E-state index contributed by atoms with van der Waals surface area (Å²) in [6.07, 6.45) is 5.84. The molecule has 1 aromatic heterocycles. The summed E-state index contributed by atoms with van der Waals surface area (Å²) in [6, 6.07) is 9.98. The van der Waals surface area contributed by atoms with Gasteiger partial charge in [0.1, 0.15) is 0 Å². The first-order valence-electron chi connectivity index (χ1n) is 12.0. The number of methoxy groups -OCH3 is 1. The van der Waals surface area contributed by atoms with Crippen LogP contribution in [0.3, 0.4) is 0 Å². The Kier molecular flexibility index (Phi) is 6.92. The number of hydrogen-bond acceptors (Lipinski definition) is 7. The van der Waals surface area contributed by atoms with Crippen molar-refractivity contribution in [3.63, 3.8) is 0 Å². The second-order valence-corrected chi connectivity index (χ2v) is 9.57. The second kappa shape index (κ2) is 10.3. The highest BCUT2D eigenvalue weighted by molar-refractivity contribution is 6.31. The SMILES string of the molecule is COc1cc2nc(Nc3cccc(Cl)c3C)ncc2cc1OC1CCC(N2CCNC(=O)C2)CC1. The summed E-state index contributed by atoms with van der Waals surface area (Å²) < 4.78 is 12.0. The molecular formula is C26H30ClN5O3. The van der Waals surface area contributed by atoms with Gasteiger partial charge >= 0.3 is 0 Å². The first-order valence-corrected chi connectivity index (χ1v) is 12.4. The molecule has 35 heavy (non-hydrogen) atoms. The van der Waals surface area contributed by atoms with Crippen molar-refractivity contribution in [2.45, 2.75) is 44.8 Å². The van der Waals surface area contributed by atoms with E-state index in [0.29, 0.717) is 35.1 Å². The molecule has 0 unspecified atom stereocenters. The quantitative estimate of drug-likeness (QED) is 0.521. The molecule has 5 rings (SSSR count). The summed E-state index contributed by atoms with van der Waals surface area (Å²) >= 11 is 6.24. The van der Waals surface area contributed by atoms with Gasteiger partial charge < -0.3 is 20.1 Å². The third kappa shape index (κ3) is 5.28. The monoisotopic (exact) mass is 495 g/mol. The Labute approximate surface area is 210 Å². The van der Waals surface area contributed by atoms with Crippen molar-refractivity contribution in [2.24, 2.45) is 0 Å². The smallest absolute Gasteiger partial charge is 0.234 e. The molecule has 2 aromatic carbocycles. The van der Waals surface area contributed by atoms with Crippen LogP contribution in [0.1, 0.15) is 31.2 Å². The maximum absolute atomic E-state index is 11.7. The van der Waals surface area contributed by atoms with Crippen molar-refractivity contribution in [3.05, 3.63) is 47.1 Å². The number of piperazine rings is 1. The number of amides is 1. The van der Waals surface area contributed by atoms with Crippen molar-refractivity contribution < 1.29 is 14.3 Å². The molecular weight excluding hydrogens is 466 g/mol. The van der Waals surface area contributed by atoms with E-state index in [4.69, 9.17) is 21.1 Å². The summed E-state index contributed by atoms with van der Waals surface area (Å²) in [7, 11) is 1.64. The number of ether oxygens (including phenoxy) is 2. The van der Waals surface area contributed by atoms with Gasteiger partial charge in [-0.2, -0.15) is 0 Å². The Hall–Kier alpha value is -3.10. The summed E-state index contributed by atoms with van der Waals surface area (Å²) in [5.74, 6) is 1.97. The first kappa shape index (κ1) is 23.6. The van der Waals surface area contributed by atoms with Gasteiger partial charge in [-0.1, -0.05) is 17.7 Å². The number of carbonyl (C=O) groups excluding carboxylic acids is 1. The highest BCUT2D eigenvalue weighted by atomic mass is 35.5. The number of carbonyl (C=O) groups is 1. The van der Waals surface area contributed by atoms with Crippen molar-refractivity contribution in [2.75, 3.05) is 32.1 Å². The average Bonchev–Trinajstić information content (AvgIpc) is 2.87. The number of benzene rings is 2. The predicted octanol–water partition coefficient (Wildman–Crippen LogP) is 4.47. The lowest BCUT2D eigenvalue weighted by molar-refractivity contribution is -0.125. The zero-order valence-corrected chi connectivity index (χ0v) is 20.8. The van der Waals surface area contributed by atoms with Crippen LogP contribution >= 0.6 is 11.6 Å². The molecule has 0 spiro atoms. The van der Waals surface area contributed by atoms with E-state index in [1.165, 1.54) is 0 Å². The predicted molar refractivity (Wildman–Crippen MR) is 137 cm³/mol. The number of nitrogens with one attached hydrogen (secondary N) is 2. The molecule has 0 atom stereocenters. The largest absolute Gasteiger partial charge is 0.493 e. The lowest BCUT2D eigenvalue weighted by atomic mass is 9.91. The van der Waals surface area contributed by atoms with E-state index < -0.39 is 0 Å². The average molecular weight is 496 g/mol. The molecule has 2 aliphatic rings. The van der Waals surface area contributed by atoms with Gasteiger partial charge in [0.15, 0.2) is 11.5 Å². The Morgan fingerprint density at radius 2 is 2.00 bits per heavy atom. The van der Waals surface area contributed by atoms with Crippen molar-refractivity contribution in [3.8, 4) is 11.5 Å². The summed E-state index contributed by atoms with van der Waals surface area (Å²) in [6.45, 7) is 4.12. The number of fused-ring (bicyclic) bond motifs is 1. The van der Waals surface area contributed by atoms with Crippen LogP contribution in [0.15, 0.2) is 36.5 Å². The molecule has 2 N–H and O–H groups in total. The van der Waals surface area contributed by atoms with E-state index in [9.17, 15) is 4.79 Å². The molecule has 1 saturated carbocycles. The van der Waals surface area contributed by atoms with Crippen molar-refractivity contribution in [1.82, 2.24) is 20.2 Å². The zero-order valence-electron chi connectivity index (χ0n) is 20.0. The Morgan fingerprint density at radius 3 is 2.77 bits per heavy atom. The van der Waals surface area contributed by atoms with Gasteiger partial charge in [-0.05, 0) is 56.4 Å². The second-order valence-electron chi connectivity index (χ2n) is 9.16. The summed E-state index contributed by atoms with van der Waals surface area (Å²) in [5, 5.41) is 7.72. The summed E-state index contributed by atoms with van der Waals surface area (Å²) in [4.78, 5) is 23.2. The van der Waals surface area contributed by atoms with Crippen LogP contribution in [-0.2, 0) is 4.79 Å². The van der Waals surface area contributed by atoms with E-state index in [0.717, 1.165) is 60.9 Å². The molecule has 0 radical (unpaired) electrons. The molecule has 0 bridgehead atoms. The maximum Gasteiger partial charge on any atom is 0.234 e. The van der Waals surface area contributed by atoms with E-state index in [2.05, 4.69) is 25.5 Å². The molecule has 9 heteroatoms. The fraction of sp³-hybridized carbons (Fsp3) is 0.423. The molecule has 1 aliphatic heterocycles. The molecule has 3 aromatic rings. The van der Waals surface area contributed by atoms with Crippen LogP contribution in [0.4, 0.5) is 11.6 Å². The Balaban J connectivity index is 1.28. The lowest BCUT2D eigenvalue weighted by Gasteiger charge is -2.38. The minimum atomic E-state index is 0.115. The molecule has 2 fully saturated rings. The first-order chi connectivity index (χ1) is 17.0. The molecule has 184 valence electrons. The number of nitrogens with zero attached hydrogens (tertiary/aromatic N) is 3. The van der Waals surface area contributed by atoms with Crippen LogP contribution in [0.5, 0.6) is 11.5 Å². The Morgan fingerprint density at radius 1 is 1.17 bits per heavy atom. The number of rotatable bonds is 6. The summed E-state index contributed by atoms with van der Waals surface area (Å²) in [5.41, 5.74) is 2.57. The lowest BCUT2D eigenvalue weighted by Crippen LogP contribution is -2.52. The van der Waals surface area contributed by atoms with Gasteiger partial charge in [0, 0.05) is 47.5 Å².